The molecule has 1 aromatic carbocycles. The van der Waals surface area contributed by atoms with Crippen molar-refractivity contribution in [3.8, 4) is 0 Å². The number of rotatable bonds is 3. The lowest BCUT2D eigenvalue weighted by Gasteiger charge is -2.25. The Labute approximate surface area is 108 Å². The minimum absolute atomic E-state index is 0.0903. The lowest BCUT2D eigenvalue weighted by molar-refractivity contribution is 0.385. The van der Waals surface area contributed by atoms with E-state index in [1.807, 2.05) is 20.8 Å². The van der Waals surface area contributed by atoms with Crippen LogP contribution in [0.1, 0.15) is 26.3 Å². The molecule has 1 unspecified atom stereocenters. The van der Waals surface area contributed by atoms with Crippen LogP contribution in [0.5, 0.6) is 0 Å². The summed E-state index contributed by atoms with van der Waals surface area (Å²) in [6, 6.07) is 6.71. The van der Waals surface area contributed by atoms with Gasteiger partial charge >= 0.3 is 0 Å². The van der Waals surface area contributed by atoms with Gasteiger partial charge < -0.3 is 0 Å². The molecule has 0 heterocycles. The van der Waals surface area contributed by atoms with Crippen molar-refractivity contribution in [2.75, 3.05) is 0 Å². The Morgan fingerprint density at radius 1 is 1.29 bits per heavy atom. The van der Waals surface area contributed by atoms with Crippen LogP contribution in [0.3, 0.4) is 0 Å². The van der Waals surface area contributed by atoms with Gasteiger partial charge in [-0.15, -0.1) is 11.6 Å². The Morgan fingerprint density at radius 2 is 1.82 bits per heavy atom. The van der Waals surface area contributed by atoms with Crippen LogP contribution in [0, 0.1) is 5.41 Å². The Hall–Kier alpha value is -0.580. The van der Waals surface area contributed by atoms with Crippen LogP contribution in [0.2, 0.25) is 0 Å². The fraction of sp³-hybridized carbons (Fsp3) is 0.500. The minimum Gasteiger partial charge on any atom is -0.225 e. The Balaban J connectivity index is 3.09. The smallest absolute Gasteiger partial charge is 0.225 e. The third-order valence-electron chi connectivity index (χ3n) is 2.62. The molecule has 1 atom stereocenters. The van der Waals surface area contributed by atoms with Gasteiger partial charge in [-0.05, 0) is 23.5 Å². The number of nitrogens with two attached hydrogens (primary N) is 1. The van der Waals surface area contributed by atoms with Gasteiger partial charge in [-0.2, -0.15) is 0 Å². The second-order valence-electron chi connectivity index (χ2n) is 5.19. The lowest BCUT2D eigenvalue weighted by atomic mass is 9.88. The predicted octanol–water partition coefficient (Wildman–Crippen LogP) is 2.53. The lowest BCUT2D eigenvalue weighted by Crippen LogP contribution is -2.24. The van der Waals surface area contributed by atoms with E-state index >= 15 is 0 Å². The molecule has 0 aliphatic rings. The van der Waals surface area contributed by atoms with Crippen LogP contribution in [-0.2, 0) is 16.4 Å². The van der Waals surface area contributed by atoms with Crippen molar-refractivity contribution in [3.05, 3.63) is 29.8 Å². The average Bonchev–Trinajstić information content (AvgIpc) is 2.15. The zero-order valence-electron chi connectivity index (χ0n) is 10.3. The highest BCUT2D eigenvalue weighted by Crippen LogP contribution is 2.29. The molecule has 0 spiro atoms. The third kappa shape index (κ3) is 3.98. The van der Waals surface area contributed by atoms with E-state index in [4.69, 9.17) is 16.7 Å². The number of halogens is 1. The van der Waals surface area contributed by atoms with Crippen molar-refractivity contribution in [1.29, 1.82) is 0 Å². The molecule has 0 amide bonds. The molecule has 1 aromatic rings. The van der Waals surface area contributed by atoms with Gasteiger partial charge in [0.1, 0.15) is 0 Å². The molecular weight excluding hydrogens is 258 g/mol. The number of primary sulfonamides is 1. The highest BCUT2D eigenvalue weighted by Gasteiger charge is 2.24. The van der Waals surface area contributed by atoms with E-state index in [2.05, 4.69) is 0 Å². The zero-order chi connectivity index (χ0) is 13.3. The van der Waals surface area contributed by atoms with E-state index in [1.54, 1.807) is 18.2 Å². The van der Waals surface area contributed by atoms with Crippen molar-refractivity contribution in [2.45, 2.75) is 37.5 Å². The molecule has 0 aromatic heterocycles. The van der Waals surface area contributed by atoms with Gasteiger partial charge in [0.15, 0.2) is 0 Å². The summed E-state index contributed by atoms with van der Waals surface area (Å²) in [6.45, 7) is 6.05. The largest absolute Gasteiger partial charge is 0.238 e. The molecule has 0 bridgehead atoms. The van der Waals surface area contributed by atoms with Gasteiger partial charge in [0.05, 0.1) is 4.90 Å². The summed E-state index contributed by atoms with van der Waals surface area (Å²) >= 11 is 6.28. The van der Waals surface area contributed by atoms with Crippen LogP contribution < -0.4 is 5.14 Å². The second kappa shape index (κ2) is 4.96. The third-order valence-corrected chi connectivity index (χ3v) is 4.44. The van der Waals surface area contributed by atoms with Crippen LogP contribution >= 0.6 is 11.6 Å². The number of hydrogen-bond donors (Lipinski definition) is 1. The first-order valence-electron chi connectivity index (χ1n) is 5.37. The average molecular weight is 276 g/mol. The Morgan fingerprint density at radius 3 is 2.29 bits per heavy atom. The SMILES string of the molecule is CC(C)(C)C(Cl)Cc1ccccc1S(N)(=O)=O. The topological polar surface area (TPSA) is 60.2 Å². The molecule has 17 heavy (non-hydrogen) atoms. The number of alkyl halides is 1. The molecule has 0 saturated carbocycles. The molecule has 3 nitrogen and oxygen atoms in total. The molecule has 0 aliphatic carbocycles. The van der Waals surface area contributed by atoms with Crippen LogP contribution in [0.25, 0.3) is 0 Å². The van der Waals surface area contributed by atoms with Crippen molar-refractivity contribution < 1.29 is 8.42 Å². The van der Waals surface area contributed by atoms with E-state index in [1.165, 1.54) is 6.07 Å². The summed E-state index contributed by atoms with van der Waals surface area (Å²) in [5.74, 6) is 0. The quantitative estimate of drug-likeness (QED) is 0.862. The molecule has 0 fully saturated rings. The number of benzene rings is 1. The summed E-state index contributed by atoms with van der Waals surface area (Å²) in [6.07, 6.45) is 0.484. The molecular formula is C12H18ClNO2S. The van der Waals surface area contributed by atoms with Crippen LogP contribution in [0.15, 0.2) is 29.2 Å². The van der Waals surface area contributed by atoms with Gasteiger partial charge in [-0.1, -0.05) is 39.0 Å². The first-order valence-corrected chi connectivity index (χ1v) is 7.35. The van der Waals surface area contributed by atoms with Crippen LogP contribution in [-0.4, -0.2) is 13.8 Å². The van der Waals surface area contributed by atoms with E-state index in [0.717, 1.165) is 0 Å². The van der Waals surface area contributed by atoms with Gasteiger partial charge in [-0.3, -0.25) is 0 Å². The predicted molar refractivity (Wildman–Crippen MR) is 70.6 cm³/mol. The Kier molecular flexibility index (Phi) is 4.23. The van der Waals surface area contributed by atoms with E-state index in [9.17, 15) is 8.42 Å². The standard InChI is InChI=1S/C12H18ClNO2S/c1-12(2,3)11(13)8-9-6-4-5-7-10(9)17(14,15)16/h4-7,11H,8H2,1-3H3,(H2,14,15,16). The second-order valence-corrected chi connectivity index (χ2v) is 7.25. The van der Waals surface area contributed by atoms with Gasteiger partial charge in [-0.25, -0.2) is 13.6 Å². The number of sulfonamides is 1. The van der Waals surface area contributed by atoms with Crippen molar-refractivity contribution in [1.82, 2.24) is 0 Å². The van der Waals surface area contributed by atoms with E-state index in [0.29, 0.717) is 12.0 Å². The fourth-order valence-electron chi connectivity index (χ4n) is 1.45. The normalized spacial score (nSPS) is 14.6. The van der Waals surface area contributed by atoms with Gasteiger partial charge in [0.2, 0.25) is 10.0 Å². The fourth-order valence-corrected chi connectivity index (χ4v) is 2.40. The van der Waals surface area contributed by atoms with E-state index in [-0.39, 0.29) is 15.7 Å². The van der Waals surface area contributed by atoms with E-state index < -0.39 is 10.0 Å². The Bertz CT molecular complexity index is 491. The summed E-state index contributed by atoms with van der Waals surface area (Å²) in [7, 11) is -3.68. The van der Waals surface area contributed by atoms with Crippen molar-refractivity contribution in [2.24, 2.45) is 10.6 Å². The summed E-state index contributed by atoms with van der Waals surface area (Å²) < 4.78 is 22.8. The molecule has 1 rings (SSSR count). The molecule has 0 radical (unpaired) electrons. The minimum atomic E-state index is -3.68. The molecule has 5 heteroatoms. The monoisotopic (exact) mass is 275 g/mol. The van der Waals surface area contributed by atoms with Crippen molar-refractivity contribution >= 4 is 21.6 Å². The highest BCUT2D eigenvalue weighted by atomic mass is 35.5. The van der Waals surface area contributed by atoms with Gasteiger partial charge in [0, 0.05) is 5.38 Å². The first kappa shape index (κ1) is 14.5. The molecule has 96 valence electrons. The maximum absolute atomic E-state index is 11.4. The summed E-state index contributed by atoms with van der Waals surface area (Å²) in [5, 5.41) is 5.02. The molecule has 0 saturated heterocycles. The summed E-state index contributed by atoms with van der Waals surface area (Å²) in [5.41, 5.74) is 0.581. The highest BCUT2D eigenvalue weighted by molar-refractivity contribution is 7.89. The number of hydrogen-bond acceptors (Lipinski definition) is 2. The molecule has 2 N–H and O–H groups in total. The maximum Gasteiger partial charge on any atom is 0.238 e. The summed E-state index contributed by atoms with van der Waals surface area (Å²) in [4.78, 5) is 0.162. The van der Waals surface area contributed by atoms with Crippen molar-refractivity contribution in [3.63, 3.8) is 0 Å². The maximum atomic E-state index is 11.4. The molecule has 0 aliphatic heterocycles. The van der Waals surface area contributed by atoms with Gasteiger partial charge in [0.25, 0.3) is 0 Å². The van der Waals surface area contributed by atoms with Crippen LogP contribution in [0.4, 0.5) is 0 Å². The first-order chi connectivity index (χ1) is 7.62. The zero-order valence-corrected chi connectivity index (χ0v) is 11.8.